The van der Waals surface area contributed by atoms with Gasteiger partial charge in [0.2, 0.25) is 0 Å². The van der Waals surface area contributed by atoms with Gasteiger partial charge < -0.3 is 14.4 Å². The second kappa shape index (κ2) is 7.01. The Morgan fingerprint density at radius 2 is 2.06 bits per heavy atom. The first-order chi connectivity index (χ1) is 8.58. The molecule has 0 aliphatic rings. The molecule has 0 aromatic heterocycles. The number of rotatable bonds is 7. The molecule has 0 amide bonds. The van der Waals surface area contributed by atoms with E-state index in [0.717, 1.165) is 12.7 Å². The number of nitrogens with zero attached hydrogens (tertiary/aromatic N) is 1. The third-order valence-corrected chi connectivity index (χ3v) is 3.00. The Hall–Kier alpha value is -1.55. The van der Waals surface area contributed by atoms with Crippen molar-refractivity contribution in [3.8, 4) is 11.5 Å². The Balaban J connectivity index is 2.59. The van der Waals surface area contributed by atoms with Crippen molar-refractivity contribution >= 4 is 6.29 Å². The first kappa shape index (κ1) is 14.5. The van der Waals surface area contributed by atoms with E-state index in [1.54, 1.807) is 25.3 Å². The molecule has 1 aromatic rings. The van der Waals surface area contributed by atoms with Gasteiger partial charge in [-0.05, 0) is 45.6 Å². The van der Waals surface area contributed by atoms with Gasteiger partial charge in [0.25, 0.3) is 0 Å². The topological polar surface area (TPSA) is 38.8 Å². The Bertz CT molecular complexity index is 391. The minimum absolute atomic E-state index is 0.463. The van der Waals surface area contributed by atoms with Crippen LogP contribution in [-0.2, 0) is 0 Å². The molecule has 0 fully saturated rings. The largest absolute Gasteiger partial charge is 0.493 e. The fourth-order valence-electron chi connectivity index (χ4n) is 1.47. The molecule has 0 aliphatic heterocycles. The van der Waals surface area contributed by atoms with Gasteiger partial charge in [-0.2, -0.15) is 0 Å². The van der Waals surface area contributed by atoms with E-state index in [9.17, 15) is 4.79 Å². The monoisotopic (exact) mass is 251 g/mol. The maximum atomic E-state index is 10.7. The van der Waals surface area contributed by atoms with Crippen molar-refractivity contribution in [1.29, 1.82) is 0 Å². The van der Waals surface area contributed by atoms with Gasteiger partial charge in [-0.15, -0.1) is 0 Å². The average molecular weight is 251 g/mol. The highest BCUT2D eigenvalue weighted by Gasteiger charge is 2.08. The van der Waals surface area contributed by atoms with Gasteiger partial charge in [-0.3, -0.25) is 4.79 Å². The lowest BCUT2D eigenvalue weighted by atomic mass is 10.2. The van der Waals surface area contributed by atoms with Crippen molar-refractivity contribution in [3.05, 3.63) is 23.8 Å². The maximum Gasteiger partial charge on any atom is 0.161 e. The minimum Gasteiger partial charge on any atom is -0.493 e. The Morgan fingerprint density at radius 3 is 2.61 bits per heavy atom. The number of methoxy groups -OCH3 is 1. The molecular weight excluding hydrogens is 230 g/mol. The molecule has 18 heavy (non-hydrogen) atoms. The molecule has 0 saturated heterocycles. The highest BCUT2D eigenvalue weighted by molar-refractivity contribution is 5.76. The lowest BCUT2D eigenvalue weighted by molar-refractivity contribution is 0.112. The number of ether oxygens (including phenoxy) is 2. The average Bonchev–Trinajstić information content (AvgIpc) is 2.38. The van der Waals surface area contributed by atoms with Crippen LogP contribution in [0, 0.1) is 0 Å². The molecule has 1 unspecified atom stereocenters. The van der Waals surface area contributed by atoms with Gasteiger partial charge >= 0.3 is 0 Å². The molecule has 4 heteroatoms. The summed E-state index contributed by atoms with van der Waals surface area (Å²) in [6.45, 7) is 2.77. The number of carbonyl (C=O) groups excluding carboxylic acids is 1. The summed E-state index contributed by atoms with van der Waals surface area (Å²) in [7, 11) is 5.66. The van der Waals surface area contributed by atoms with E-state index in [-0.39, 0.29) is 0 Å². The molecule has 0 aliphatic carbocycles. The van der Waals surface area contributed by atoms with Crippen molar-refractivity contribution in [1.82, 2.24) is 4.90 Å². The van der Waals surface area contributed by atoms with Gasteiger partial charge in [-0.25, -0.2) is 0 Å². The van der Waals surface area contributed by atoms with Crippen molar-refractivity contribution in [2.24, 2.45) is 0 Å². The number of hydrogen-bond acceptors (Lipinski definition) is 4. The van der Waals surface area contributed by atoms with Crippen molar-refractivity contribution in [2.75, 3.05) is 27.8 Å². The van der Waals surface area contributed by atoms with Crippen LogP contribution in [0.4, 0.5) is 0 Å². The molecule has 0 bridgehead atoms. The summed E-state index contributed by atoms with van der Waals surface area (Å²) < 4.78 is 10.9. The second-order valence-electron chi connectivity index (χ2n) is 4.48. The van der Waals surface area contributed by atoms with Crippen LogP contribution < -0.4 is 9.47 Å². The summed E-state index contributed by atoms with van der Waals surface area (Å²) in [6, 6.07) is 5.63. The van der Waals surface area contributed by atoms with Crippen molar-refractivity contribution < 1.29 is 14.3 Å². The molecule has 0 saturated carbocycles. The van der Waals surface area contributed by atoms with Gasteiger partial charge in [0.1, 0.15) is 6.29 Å². The molecule has 100 valence electrons. The van der Waals surface area contributed by atoms with Gasteiger partial charge in [0.05, 0.1) is 13.7 Å². The van der Waals surface area contributed by atoms with E-state index in [1.807, 2.05) is 14.1 Å². The van der Waals surface area contributed by atoms with E-state index in [4.69, 9.17) is 9.47 Å². The summed E-state index contributed by atoms with van der Waals surface area (Å²) in [4.78, 5) is 12.8. The van der Waals surface area contributed by atoms with E-state index in [0.29, 0.717) is 29.7 Å². The first-order valence-electron chi connectivity index (χ1n) is 6.01. The molecular formula is C14H21NO3. The van der Waals surface area contributed by atoms with Crippen LogP contribution >= 0.6 is 0 Å². The van der Waals surface area contributed by atoms with Gasteiger partial charge in [0, 0.05) is 11.6 Å². The number of hydrogen-bond donors (Lipinski definition) is 0. The molecule has 1 rings (SSSR count). The summed E-state index contributed by atoms with van der Waals surface area (Å²) in [6.07, 6.45) is 1.73. The fourth-order valence-corrected chi connectivity index (χ4v) is 1.47. The smallest absolute Gasteiger partial charge is 0.161 e. The molecule has 0 N–H and O–H groups in total. The SMILES string of the molecule is COc1cc(C=O)ccc1OCCC(C)N(C)C. The number of carbonyl (C=O) groups is 1. The number of aldehydes is 1. The lowest BCUT2D eigenvalue weighted by Crippen LogP contribution is -2.26. The first-order valence-corrected chi connectivity index (χ1v) is 6.01. The predicted molar refractivity (Wildman–Crippen MR) is 71.6 cm³/mol. The summed E-state index contributed by atoms with van der Waals surface area (Å²) in [5, 5.41) is 0. The minimum atomic E-state index is 0.463. The molecule has 0 spiro atoms. The highest BCUT2D eigenvalue weighted by atomic mass is 16.5. The molecule has 0 radical (unpaired) electrons. The third kappa shape index (κ3) is 4.04. The van der Waals surface area contributed by atoms with E-state index >= 15 is 0 Å². The van der Waals surface area contributed by atoms with E-state index in [2.05, 4.69) is 11.8 Å². The third-order valence-electron chi connectivity index (χ3n) is 3.00. The van der Waals surface area contributed by atoms with Crippen LogP contribution in [-0.4, -0.2) is 45.0 Å². The zero-order chi connectivity index (χ0) is 13.5. The van der Waals surface area contributed by atoms with Crippen molar-refractivity contribution in [2.45, 2.75) is 19.4 Å². The predicted octanol–water partition coefficient (Wildman–Crippen LogP) is 2.23. The highest BCUT2D eigenvalue weighted by Crippen LogP contribution is 2.27. The Kier molecular flexibility index (Phi) is 5.65. The summed E-state index contributed by atoms with van der Waals surface area (Å²) in [5.74, 6) is 1.27. The summed E-state index contributed by atoms with van der Waals surface area (Å²) >= 11 is 0. The van der Waals surface area contributed by atoms with Gasteiger partial charge in [-0.1, -0.05) is 0 Å². The maximum absolute atomic E-state index is 10.7. The standard InChI is InChI=1S/C14H21NO3/c1-11(15(2)3)7-8-18-13-6-5-12(10-16)9-14(13)17-4/h5-6,9-11H,7-8H2,1-4H3. The van der Waals surface area contributed by atoms with Crippen LogP contribution in [0.3, 0.4) is 0 Å². The normalized spacial score (nSPS) is 12.3. The molecule has 1 atom stereocenters. The quantitative estimate of drug-likeness (QED) is 0.697. The van der Waals surface area contributed by atoms with Crippen molar-refractivity contribution in [3.63, 3.8) is 0 Å². The fraction of sp³-hybridized carbons (Fsp3) is 0.500. The van der Waals surface area contributed by atoms with Crippen LogP contribution in [0.2, 0.25) is 0 Å². The van der Waals surface area contributed by atoms with E-state index < -0.39 is 0 Å². The molecule has 4 nitrogen and oxygen atoms in total. The van der Waals surface area contributed by atoms with Crippen LogP contribution in [0.15, 0.2) is 18.2 Å². The molecule has 0 heterocycles. The van der Waals surface area contributed by atoms with Crippen LogP contribution in [0.5, 0.6) is 11.5 Å². The molecule has 1 aromatic carbocycles. The second-order valence-corrected chi connectivity index (χ2v) is 4.48. The Labute approximate surface area is 108 Å². The Morgan fingerprint density at radius 1 is 1.33 bits per heavy atom. The zero-order valence-electron chi connectivity index (χ0n) is 11.5. The van der Waals surface area contributed by atoms with Crippen LogP contribution in [0.1, 0.15) is 23.7 Å². The van der Waals surface area contributed by atoms with Crippen LogP contribution in [0.25, 0.3) is 0 Å². The van der Waals surface area contributed by atoms with E-state index in [1.165, 1.54) is 0 Å². The number of benzene rings is 1. The lowest BCUT2D eigenvalue weighted by Gasteiger charge is -2.20. The van der Waals surface area contributed by atoms with Gasteiger partial charge in [0.15, 0.2) is 11.5 Å². The zero-order valence-corrected chi connectivity index (χ0v) is 11.5. The summed E-state index contributed by atoms with van der Waals surface area (Å²) in [5.41, 5.74) is 0.584.